The van der Waals surface area contributed by atoms with Crippen LogP contribution in [0.25, 0.3) is 5.73 Å². The second kappa shape index (κ2) is 3.35. The lowest BCUT2D eigenvalue weighted by molar-refractivity contribution is 0.220. The Bertz CT molecular complexity index is 101. The van der Waals surface area contributed by atoms with Crippen LogP contribution in [0.5, 0.6) is 0 Å². The third-order valence-electron chi connectivity index (χ3n) is 2.39. The van der Waals surface area contributed by atoms with Gasteiger partial charge in [0.1, 0.15) is 0 Å². The van der Waals surface area contributed by atoms with Crippen molar-refractivity contribution >= 4 is 0 Å². The lowest BCUT2D eigenvalue weighted by atomic mass is 9.90. The predicted molar refractivity (Wildman–Crippen MR) is 44.1 cm³/mol. The molecule has 10 heavy (non-hydrogen) atoms. The highest BCUT2D eigenvalue weighted by molar-refractivity contribution is 4.90. The van der Waals surface area contributed by atoms with Crippen LogP contribution >= 0.6 is 0 Å². The molecule has 1 aliphatic rings. The summed E-state index contributed by atoms with van der Waals surface area (Å²) in [7, 11) is 4.16. The summed E-state index contributed by atoms with van der Waals surface area (Å²) in [6.07, 6.45) is 4.90. The standard InChI is InChI=1S/C8H17N2/c1-10(2)8-6-4-3-5-7(8)9/h7-9H,3-6H2,1-2H3/q-1/t7-,8-/m1/s1. The normalized spacial score (nSPS) is 34.8. The van der Waals surface area contributed by atoms with Crippen LogP contribution in [0.15, 0.2) is 0 Å². The summed E-state index contributed by atoms with van der Waals surface area (Å²) in [4.78, 5) is 2.19. The molecule has 0 aromatic heterocycles. The van der Waals surface area contributed by atoms with Gasteiger partial charge in [-0.3, -0.25) is 0 Å². The van der Waals surface area contributed by atoms with E-state index >= 15 is 0 Å². The van der Waals surface area contributed by atoms with E-state index in [1.165, 1.54) is 19.3 Å². The highest BCUT2D eigenvalue weighted by Crippen LogP contribution is 2.22. The van der Waals surface area contributed by atoms with Crippen LogP contribution in [0.4, 0.5) is 0 Å². The molecule has 1 aliphatic carbocycles. The minimum atomic E-state index is 0.170. The first kappa shape index (κ1) is 8.02. The zero-order chi connectivity index (χ0) is 7.56. The Morgan fingerprint density at radius 3 is 2.20 bits per heavy atom. The van der Waals surface area contributed by atoms with Crippen LogP contribution in [0.3, 0.4) is 0 Å². The lowest BCUT2D eigenvalue weighted by Crippen LogP contribution is -2.39. The van der Waals surface area contributed by atoms with Crippen molar-refractivity contribution < 1.29 is 0 Å². The molecule has 0 saturated heterocycles. The first-order valence-electron chi connectivity index (χ1n) is 4.09. The number of hydrogen-bond donors (Lipinski definition) is 0. The van der Waals surface area contributed by atoms with Gasteiger partial charge >= 0.3 is 0 Å². The maximum absolute atomic E-state index is 7.72. The first-order chi connectivity index (χ1) is 4.72. The van der Waals surface area contributed by atoms with Crippen molar-refractivity contribution in [3.8, 4) is 0 Å². The van der Waals surface area contributed by atoms with Crippen molar-refractivity contribution in [3.63, 3.8) is 0 Å². The summed E-state index contributed by atoms with van der Waals surface area (Å²) in [5.74, 6) is 0. The van der Waals surface area contributed by atoms with Crippen molar-refractivity contribution in [3.05, 3.63) is 5.73 Å². The van der Waals surface area contributed by atoms with Gasteiger partial charge in [-0.2, -0.15) is 0 Å². The van der Waals surface area contributed by atoms with E-state index in [-0.39, 0.29) is 6.04 Å². The second-order valence-electron chi connectivity index (χ2n) is 3.42. The fourth-order valence-corrected chi connectivity index (χ4v) is 1.73. The molecule has 1 saturated carbocycles. The van der Waals surface area contributed by atoms with Gasteiger partial charge in [-0.15, -0.1) is 6.04 Å². The maximum atomic E-state index is 7.72. The third kappa shape index (κ3) is 1.70. The Labute approximate surface area is 63.4 Å². The fourth-order valence-electron chi connectivity index (χ4n) is 1.73. The van der Waals surface area contributed by atoms with E-state index in [1.54, 1.807) is 0 Å². The van der Waals surface area contributed by atoms with Crippen LogP contribution in [-0.2, 0) is 0 Å². The van der Waals surface area contributed by atoms with Crippen molar-refractivity contribution in [2.24, 2.45) is 0 Å². The van der Waals surface area contributed by atoms with E-state index in [0.717, 1.165) is 6.42 Å². The number of nitrogens with zero attached hydrogens (tertiary/aromatic N) is 1. The number of likely N-dealkylation sites (N-methyl/N-ethyl adjacent to an activating group) is 1. The summed E-state index contributed by atoms with van der Waals surface area (Å²) >= 11 is 0. The Kier molecular flexibility index (Phi) is 2.69. The number of hydrogen-bond acceptors (Lipinski definition) is 1. The highest BCUT2D eigenvalue weighted by atomic mass is 15.1. The molecule has 1 N–H and O–H groups in total. The van der Waals surface area contributed by atoms with E-state index in [0.29, 0.717) is 6.04 Å². The van der Waals surface area contributed by atoms with Gasteiger partial charge in [-0.25, -0.2) is 0 Å². The molecule has 2 atom stereocenters. The number of rotatable bonds is 1. The van der Waals surface area contributed by atoms with E-state index in [4.69, 9.17) is 5.73 Å². The predicted octanol–water partition coefficient (Wildman–Crippen LogP) is 1.91. The third-order valence-corrected chi connectivity index (χ3v) is 2.39. The van der Waals surface area contributed by atoms with Crippen LogP contribution < -0.4 is 0 Å². The molecule has 0 spiro atoms. The molecule has 2 heteroatoms. The van der Waals surface area contributed by atoms with E-state index in [9.17, 15) is 0 Å². The summed E-state index contributed by atoms with van der Waals surface area (Å²) in [6.45, 7) is 0. The van der Waals surface area contributed by atoms with E-state index in [2.05, 4.69) is 19.0 Å². The molecule has 0 heterocycles. The Morgan fingerprint density at radius 2 is 1.80 bits per heavy atom. The van der Waals surface area contributed by atoms with Crippen LogP contribution in [0.2, 0.25) is 0 Å². The molecule has 0 aromatic carbocycles. The van der Waals surface area contributed by atoms with Crippen molar-refractivity contribution in [2.45, 2.75) is 37.8 Å². The summed E-state index contributed by atoms with van der Waals surface area (Å²) in [6, 6.07) is 0.692. The monoisotopic (exact) mass is 141 g/mol. The van der Waals surface area contributed by atoms with Crippen LogP contribution in [-0.4, -0.2) is 31.1 Å². The lowest BCUT2D eigenvalue weighted by Gasteiger charge is -2.39. The van der Waals surface area contributed by atoms with Crippen LogP contribution in [0, 0.1) is 0 Å². The van der Waals surface area contributed by atoms with Crippen molar-refractivity contribution in [1.82, 2.24) is 4.90 Å². The quantitative estimate of drug-likeness (QED) is 0.548. The molecular weight excluding hydrogens is 124 g/mol. The molecule has 0 amide bonds. The second-order valence-corrected chi connectivity index (χ2v) is 3.42. The first-order valence-corrected chi connectivity index (χ1v) is 4.09. The highest BCUT2D eigenvalue weighted by Gasteiger charge is 2.17. The number of nitrogens with one attached hydrogen (secondary N) is 1. The average Bonchev–Trinajstić information content (AvgIpc) is 1.88. The van der Waals surface area contributed by atoms with E-state index in [1.807, 2.05) is 0 Å². The molecule has 0 unspecified atom stereocenters. The summed E-state index contributed by atoms with van der Waals surface area (Å²) < 4.78 is 0. The van der Waals surface area contributed by atoms with Gasteiger partial charge in [0.15, 0.2) is 0 Å². The van der Waals surface area contributed by atoms with Gasteiger partial charge in [-0.05, 0) is 26.6 Å². The molecule has 60 valence electrons. The van der Waals surface area contributed by atoms with Gasteiger partial charge in [0.05, 0.1) is 0 Å². The summed E-state index contributed by atoms with van der Waals surface area (Å²) in [5, 5.41) is 0. The van der Waals surface area contributed by atoms with Gasteiger partial charge < -0.3 is 10.6 Å². The van der Waals surface area contributed by atoms with Gasteiger partial charge in [0.2, 0.25) is 0 Å². The Hall–Kier alpha value is -0.0800. The Morgan fingerprint density at radius 1 is 1.20 bits per heavy atom. The molecular formula is C8H17N2-. The van der Waals surface area contributed by atoms with Crippen molar-refractivity contribution in [1.29, 1.82) is 0 Å². The van der Waals surface area contributed by atoms with Crippen LogP contribution in [0.1, 0.15) is 25.7 Å². The Balaban J connectivity index is 2.40. The topological polar surface area (TPSA) is 27.0 Å². The molecule has 0 aliphatic heterocycles. The minimum Gasteiger partial charge on any atom is -0.673 e. The largest absolute Gasteiger partial charge is 0.673 e. The molecule has 0 aromatic rings. The summed E-state index contributed by atoms with van der Waals surface area (Å²) in [5.41, 5.74) is 7.72. The van der Waals surface area contributed by atoms with Crippen molar-refractivity contribution in [2.75, 3.05) is 14.1 Å². The minimum absolute atomic E-state index is 0.170. The smallest absolute Gasteiger partial charge is 0.00727 e. The average molecular weight is 141 g/mol. The fraction of sp³-hybridized carbons (Fsp3) is 1.00. The van der Waals surface area contributed by atoms with Gasteiger partial charge in [-0.1, -0.05) is 19.3 Å². The van der Waals surface area contributed by atoms with E-state index < -0.39 is 0 Å². The molecule has 0 radical (unpaired) electrons. The van der Waals surface area contributed by atoms with Gasteiger partial charge in [0.25, 0.3) is 0 Å². The molecule has 1 fully saturated rings. The maximum Gasteiger partial charge on any atom is -0.00727 e. The zero-order valence-electron chi connectivity index (χ0n) is 6.93. The molecule has 1 rings (SSSR count). The SMILES string of the molecule is CN(C)[C@@H]1CCCC[C@H]1[NH-]. The molecule has 2 nitrogen and oxygen atoms in total. The zero-order valence-corrected chi connectivity index (χ0v) is 6.93. The van der Waals surface area contributed by atoms with Gasteiger partial charge in [0, 0.05) is 0 Å². The molecule has 0 bridgehead atoms.